The molecule has 0 aromatic heterocycles. The molecule has 0 aliphatic carbocycles. The molecule has 1 amide bonds. The molecule has 0 spiro atoms. The minimum atomic E-state index is -3.71. The maximum absolute atomic E-state index is 12.4. The molecule has 134 valence electrons. The fourth-order valence-corrected chi connectivity index (χ4v) is 3.23. The highest BCUT2D eigenvalue weighted by molar-refractivity contribution is 7.89. The highest BCUT2D eigenvalue weighted by Gasteiger charge is 2.24. The van der Waals surface area contributed by atoms with Crippen molar-refractivity contribution in [3.63, 3.8) is 0 Å². The summed E-state index contributed by atoms with van der Waals surface area (Å²) in [7, 11) is -3.71. The lowest BCUT2D eigenvalue weighted by molar-refractivity contribution is -0.122. The van der Waals surface area contributed by atoms with Crippen LogP contribution in [0.2, 0.25) is 0 Å². The Morgan fingerprint density at radius 3 is 2.16 bits per heavy atom. The second kappa shape index (κ2) is 7.37. The number of hydrogen-bond acceptors (Lipinski definition) is 3. The third kappa shape index (κ3) is 5.14. The molecule has 5 nitrogen and oxygen atoms in total. The smallest absolute Gasteiger partial charge is 0.238 e. The van der Waals surface area contributed by atoms with Gasteiger partial charge in [-0.3, -0.25) is 4.79 Å². The van der Waals surface area contributed by atoms with Crippen LogP contribution in [-0.4, -0.2) is 14.3 Å². The molecule has 0 bridgehead atoms. The van der Waals surface area contributed by atoms with Gasteiger partial charge in [-0.2, -0.15) is 0 Å². The minimum absolute atomic E-state index is 0.0555. The Labute approximate surface area is 149 Å². The van der Waals surface area contributed by atoms with E-state index in [-0.39, 0.29) is 22.3 Å². The molecule has 1 atom stereocenters. The van der Waals surface area contributed by atoms with E-state index < -0.39 is 10.0 Å². The largest absolute Gasteiger partial charge is 0.350 e. The van der Waals surface area contributed by atoms with E-state index in [1.54, 1.807) is 12.1 Å². The molecule has 2 aromatic carbocycles. The predicted octanol–water partition coefficient (Wildman–Crippen LogP) is 2.88. The number of rotatable bonds is 6. The van der Waals surface area contributed by atoms with Gasteiger partial charge >= 0.3 is 0 Å². The first-order chi connectivity index (χ1) is 11.6. The van der Waals surface area contributed by atoms with E-state index in [2.05, 4.69) is 5.32 Å². The molecule has 0 aliphatic rings. The third-order valence-corrected chi connectivity index (χ3v) is 5.17. The molecular weight excluding hydrogens is 336 g/mol. The van der Waals surface area contributed by atoms with Crippen molar-refractivity contribution in [1.29, 1.82) is 0 Å². The van der Waals surface area contributed by atoms with Gasteiger partial charge in [-0.1, -0.05) is 56.3 Å². The standard InChI is InChI=1S/C19H24N2O3S/c1-14(15-9-11-17(12-10-15)25(20,23)24)21-18(22)13-19(2,3)16-7-5-4-6-8-16/h4-12,14H,13H2,1-3H3,(H,21,22)(H2,20,23,24). The van der Waals surface area contributed by atoms with Crippen LogP contribution in [0.3, 0.4) is 0 Å². The number of carbonyl (C=O) groups excluding carboxylic acids is 1. The van der Waals surface area contributed by atoms with Crippen molar-refractivity contribution in [2.75, 3.05) is 0 Å². The first-order valence-electron chi connectivity index (χ1n) is 8.07. The van der Waals surface area contributed by atoms with Gasteiger partial charge in [0.1, 0.15) is 0 Å². The maximum Gasteiger partial charge on any atom is 0.238 e. The van der Waals surface area contributed by atoms with Gasteiger partial charge in [-0.05, 0) is 35.6 Å². The Balaban J connectivity index is 2.02. The molecule has 0 radical (unpaired) electrons. The fraction of sp³-hybridized carbons (Fsp3) is 0.316. The zero-order valence-corrected chi connectivity index (χ0v) is 15.5. The molecule has 1 unspecified atom stereocenters. The molecule has 25 heavy (non-hydrogen) atoms. The highest BCUT2D eigenvalue weighted by atomic mass is 32.2. The first kappa shape index (κ1) is 19.1. The van der Waals surface area contributed by atoms with Crippen molar-refractivity contribution < 1.29 is 13.2 Å². The molecule has 2 aromatic rings. The Morgan fingerprint density at radius 1 is 1.08 bits per heavy atom. The summed E-state index contributed by atoms with van der Waals surface area (Å²) in [5.74, 6) is -0.0584. The van der Waals surface area contributed by atoms with Gasteiger partial charge in [0.25, 0.3) is 0 Å². The van der Waals surface area contributed by atoms with E-state index in [1.165, 1.54) is 12.1 Å². The van der Waals surface area contributed by atoms with Gasteiger partial charge in [0.15, 0.2) is 0 Å². The number of amides is 1. The maximum atomic E-state index is 12.4. The number of benzene rings is 2. The molecule has 0 aliphatic heterocycles. The lowest BCUT2D eigenvalue weighted by Crippen LogP contribution is -2.32. The molecule has 0 heterocycles. The minimum Gasteiger partial charge on any atom is -0.350 e. The summed E-state index contributed by atoms with van der Waals surface area (Å²) in [5.41, 5.74) is 1.65. The van der Waals surface area contributed by atoms with Crippen LogP contribution in [0.1, 0.15) is 44.4 Å². The fourth-order valence-electron chi connectivity index (χ4n) is 2.71. The number of hydrogen-bond donors (Lipinski definition) is 2. The average molecular weight is 360 g/mol. The van der Waals surface area contributed by atoms with Crippen LogP contribution in [-0.2, 0) is 20.2 Å². The zero-order chi connectivity index (χ0) is 18.7. The number of nitrogens with one attached hydrogen (secondary N) is 1. The van der Waals surface area contributed by atoms with E-state index in [0.717, 1.165) is 11.1 Å². The number of primary sulfonamides is 1. The van der Waals surface area contributed by atoms with Crippen molar-refractivity contribution in [1.82, 2.24) is 5.32 Å². The summed E-state index contributed by atoms with van der Waals surface area (Å²) in [6, 6.07) is 15.9. The monoisotopic (exact) mass is 360 g/mol. The van der Waals surface area contributed by atoms with Gasteiger partial charge < -0.3 is 5.32 Å². The topological polar surface area (TPSA) is 89.3 Å². The van der Waals surface area contributed by atoms with Crippen molar-refractivity contribution >= 4 is 15.9 Å². The van der Waals surface area contributed by atoms with Gasteiger partial charge in [-0.25, -0.2) is 13.6 Å². The molecule has 2 rings (SSSR count). The van der Waals surface area contributed by atoms with Crippen molar-refractivity contribution in [2.45, 2.75) is 43.5 Å². The quantitative estimate of drug-likeness (QED) is 0.830. The summed E-state index contributed by atoms with van der Waals surface area (Å²) in [4.78, 5) is 12.5. The Bertz CT molecular complexity index is 829. The van der Waals surface area contributed by atoms with Crippen LogP contribution >= 0.6 is 0 Å². The summed E-state index contributed by atoms with van der Waals surface area (Å²) in [6.45, 7) is 5.93. The highest BCUT2D eigenvalue weighted by Crippen LogP contribution is 2.27. The SMILES string of the molecule is CC(NC(=O)CC(C)(C)c1ccccc1)c1ccc(S(N)(=O)=O)cc1. The predicted molar refractivity (Wildman–Crippen MR) is 98.5 cm³/mol. The average Bonchev–Trinajstić information content (AvgIpc) is 2.54. The lowest BCUT2D eigenvalue weighted by Gasteiger charge is -2.25. The second-order valence-electron chi connectivity index (χ2n) is 6.83. The number of nitrogens with two attached hydrogens (primary N) is 1. The third-order valence-electron chi connectivity index (χ3n) is 4.24. The summed E-state index contributed by atoms with van der Waals surface area (Å²) < 4.78 is 22.6. The molecule has 0 saturated carbocycles. The summed E-state index contributed by atoms with van der Waals surface area (Å²) >= 11 is 0. The Morgan fingerprint density at radius 2 is 1.64 bits per heavy atom. The molecular formula is C19H24N2O3S. The van der Waals surface area contributed by atoms with Crippen LogP contribution in [0.15, 0.2) is 59.5 Å². The van der Waals surface area contributed by atoms with Gasteiger partial charge in [-0.15, -0.1) is 0 Å². The van der Waals surface area contributed by atoms with Crippen molar-refractivity contribution in [2.24, 2.45) is 5.14 Å². The van der Waals surface area contributed by atoms with Gasteiger partial charge in [0.2, 0.25) is 15.9 Å². The lowest BCUT2D eigenvalue weighted by atomic mass is 9.81. The van der Waals surface area contributed by atoms with Crippen molar-refractivity contribution in [3.8, 4) is 0 Å². The number of carbonyl (C=O) groups is 1. The molecule has 3 N–H and O–H groups in total. The molecule has 0 saturated heterocycles. The van der Waals surface area contributed by atoms with E-state index in [0.29, 0.717) is 6.42 Å². The Kier molecular flexibility index (Phi) is 5.65. The van der Waals surface area contributed by atoms with Crippen LogP contribution in [0.25, 0.3) is 0 Å². The van der Waals surface area contributed by atoms with Gasteiger partial charge in [0, 0.05) is 6.42 Å². The number of sulfonamides is 1. The Hall–Kier alpha value is -2.18. The summed E-state index contributed by atoms with van der Waals surface area (Å²) in [5, 5.41) is 8.05. The molecule has 6 heteroatoms. The zero-order valence-electron chi connectivity index (χ0n) is 14.7. The second-order valence-corrected chi connectivity index (χ2v) is 8.39. The van der Waals surface area contributed by atoms with Gasteiger partial charge in [0.05, 0.1) is 10.9 Å². The first-order valence-corrected chi connectivity index (χ1v) is 9.62. The molecule has 0 fully saturated rings. The van der Waals surface area contributed by atoms with Crippen LogP contribution < -0.4 is 10.5 Å². The normalized spacial score (nSPS) is 13.3. The van der Waals surface area contributed by atoms with Crippen LogP contribution in [0.5, 0.6) is 0 Å². The summed E-state index contributed by atoms with van der Waals surface area (Å²) in [6.07, 6.45) is 0.358. The van der Waals surface area contributed by atoms with E-state index in [9.17, 15) is 13.2 Å². The van der Waals surface area contributed by atoms with Crippen LogP contribution in [0, 0.1) is 0 Å². The van der Waals surface area contributed by atoms with Crippen LogP contribution in [0.4, 0.5) is 0 Å². The van der Waals surface area contributed by atoms with E-state index in [1.807, 2.05) is 51.1 Å². The van der Waals surface area contributed by atoms with E-state index >= 15 is 0 Å². The van der Waals surface area contributed by atoms with Crippen molar-refractivity contribution in [3.05, 3.63) is 65.7 Å². The van der Waals surface area contributed by atoms with E-state index in [4.69, 9.17) is 5.14 Å².